The molecule has 116 valence electrons. The largest absolute Gasteiger partial charge is 0.481 e. The molecule has 5 nitrogen and oxygen atoms in total. The average molecular weight is 292 g/mol. The predicted octanol–water partition coefficient (Wildman–Crippen LogP) is 3.58. The average Bonchev–Trinajstić information content (AvgIpc) is 2.43. The fourth-order valence-corrected chi connectivity index (χ4v) is 1.91. The maximum Gasteiger partial charge on any atom is 0.319 e. The second-order valence-electron chi connectivity index (χ2n) is 5.36. The van der Waals surface area contributed by atoms with Gasteiger partial charge >= 0.3 is 12.0 Å². The number of amides is 2. The number of carbonyl (C=O) groups is 2. The summed E-state index contributed by atoms with van der Waals surface area (Å²) in [6.45, 7) is 4.80. The first-order valence-electron chi connectivity index (χ1n) is 7.35. The van der Waals surface area contributed by atoms with Crippen LogP contribution in [0.15, 0.2) is 24.3 Å². The number of aliphatic carboxylic acids is 1. The molecule has 1 aromatic rings. The summed E-state index contributed by atoms with van der Waals surface area (Å²) < 4.78 is 0. The lowest BCUT2D eigenvalue weighted by Gasteiger charge is -2.09. The quantitative estimate of drug-likeness (QED) is 0.641. The van der Waals surface area contributed by atoms with E-state index in [1.807, 2.05) is 24.3 Å². The van der Waals surface area contributed by atoms with Crippen LogP contribution in [0.4, 0.5) is 10.5 Å². The van der Waals surface area contributed by atoms with E-state index in [0.29, 0.717) is 18.9 Å². The zero-order valence-corrected chi connectivity index (χ0v) is 12.7. The summed E-state index contributed by atoms with van der Waals surface area (Å²) in [5.41, 5.74) is 2.00. The molecule has 0 saturated heterocycles. The first-order valence-corrected chi connectivity index (χ1v) is 7.35. The molecule has 21 heavy (non-hydrogen) atoms. The highest BCUT2D eigenvalue weighted by Crippen LogP contribution is 2.16. The van der Waals surface area contributed by atoms with E-state index in [2.05, 4.69) is 24.5 Å². The van der Waals surface area contributed by atoms with Crippen molar-refractivity contribution >= 4 is 17.7 Å². The van der Waals surface area contributed by atoms with Gasteiger partial charge in [-0.3, -0.25) is 4.79 Å². The highest BCUT2D eigenvalue weighted by Gasteiger charge is 2.03. The number of urea groups is 1. The third-order valence-electron chi connectivity index (χ3n) is 3.19. The number of hydrogen-bond donors (Lipinski definition) is 3. The Hall–Kier alpha value is -2.04. The topological polar surface area (TPSA) is 78.4 Å². The Labute approximate surface area is 125 Å². The normalized spacial score (nSPS) is 10.4. The van der Waals surface area contributed by atoms with Gasteiger partial charge < -0.3 is 15.7 Å². The lowest BCUT2D eigenvalue weighted by Crippen LogP contribution is -2.29. The lowest BCUT2D eigenvalue weighted by atomic mass is 10.0. The number of carboxylic acid groups (broad SMARTS) is 1. The molecule has 1 aromatic carbocycles. The van der Waals surface area contributed by atoms with Crippen LogP contribution in [0.3, 0.4) is 0 Å². The molecule has 0 saturated carbocycles. The Kier molecular flexibility index (Phi) is 7.29. The van der Waals surface area contributed by atoms with E-state index in [9.17, 15) is 9.59 Å². The maximum absolute atomic E-state index is 11.7. The molecule has 2 amide bonds. The van der Waals surface area contributed by atoms with E-state index in [1.54, 1.807) is 0 Å². The predicted molar refractivity (Wildman–Crippen MR) is 83.7 cm³/mol. The number of anilines is 1. The molecule has 0 spiro atoms. The van der Waals surface area contributed by atoms with Crippen LogP contribution in [0.25, 0.3) is 0 Å². The molecule has 3 N–H and O–H groups in total. The van der Waals surface area contributed by atoms with Crippen LogP contribution in [0.2, 0.25) is 0 Å². The highest BCUT2D eigenvalue weighted by atomic mass is 16.4. The number of benzene rings is 1. The van der Waals surface area contributed by atoms with Gasteiger partial charge in [-0.1, -0.05) is 32.4 Å². The summed E-state index contributed by atoms with van der Waals surface area (Å²) in [5, 5.41) is 14.0. The minimum absolute atomic E-state index is 0.189. The Morgan fingerprint density at radius 3 is 2.33 bits per heavy atom. The number of rotatable bonds is 8. The van der Waals surface area contributed by atoms with Crippen molar-refractivity contribution in [3.05, 3.63) is 29.8 Å². The molecular weight excluding hydrogens is 268 g/mol. The Balaban J connectivity index is 2.20. The van der Waals surface area contributed by atoms with E-state index in [-0.39, 0.29) is 12.5 Å². The third kappa shape index (κ3) is 7.34. The molecular formula is C16H24N2O3. The lowest BCUT2D eigenvalue weighted by molar-refractivity contribution is -0.137. The van der Waals surface area contributed by atoms with Gasteiger partial charge in [-0.25, -0.2) is 4.79 Å². The summed E-state index contributed by atoms with van der Waals surface area (Å²) in [6, 6.07) is 7.56. The molecule has 0 atom stereocenters. The van der Waals surface area contributed by atoms with Crippen molar-refractivity contribution < 1.29 is 14.7 Å². The summed E-state index contributed by atoms with van der Waals surface area (Å²) in [5.74, 6) is -0.302. The zero-order chi connectivity index (χ0) is 15.7. The number of unbranched alkanes of at least 4 members (excludes halogenated alkanes) is 2. The van der Waals surface area contributed by atoms with E-state index >= 15 is 0 Å². The Morgan fingerprint density at radius 2 is 1.76 bits per heavy atom. The number of carboxylic acids is 1. The van der Waals surface area contributed by atoms with Crippen LogP contribution < -0.4 is 10.6 Å². The van der Waals surface area contributed by atoms with Crippen LogP contribution in [0, 0.1) is 0 Å². The van der Waals surface area contributed by atoms with Crippen molar-refractivity contribution in [1.82, 2.24) is 5.32 Å². The van der Waals surface area contributed by atoms with Gasteiger partial charge in [-0.15, -0.1) is 0 Å². The number of nitrogens with one attached hydrogen (secondary N) is 2. The molecule has 0 aromatic heterocycles. The zero-order valence-electron chi connectivity index (χ0n) is 12.7. The van der Waals surface area contributed by atoms with Gasteiger partial charge in [0.2, 0.25) is 0 Å². The van der Waals surface area contributed by atoms with Crippen molar-refractivity contribution in [2.45, 2.75) is 45.4 Å². The van der Waals surface area contributed by atoms with Crippen molar-refractivity contribution in [2.75, 3.05) is 11.9 Å². The molecule has 0 aliphatic rings. The Bertz CT molecular complexity index is 455. The van der Waals surface area contributed by atoms with Gasteiger partial charge in [0.15, 0.2) is 0 Å². The first kappa shape index (κ1) is 17.0. The Morgan fingerprint density at radius 1 is 1.10 bits per heavy atom. The van der Waals surface area contributed by atoms with Gasteiger partial charge in [0, 0.05) is 18.7 Å². The van der Waals surface area contributed by atoms with Crippen LogP contribution in [0.5, 0.6) is 0 Å². The molecule has 5 heteroatoms. The van der Waals surface area contributed by atoms with Crippen LogP contribution in [-0.2, 0) is 4.79 Å². The van der Waals surface area contributed by atoms with Gasteiger partial charge in [0.05, 0.1) is 0 Å². The molecule has 0 heterocycles. The standard InChI is InChI=1S/C16H24N2O3/c1-12(2)13-7-9-14(10-8-13)18-16(21)17-11-5-3-4-6-15(19)20/h7-10,12H,3-6,11H2,1-2H3,(H,19,20)(H2,17,18,21). The SMILES string of the molecule is CC(C)c1ccc(NC(=O)NCCCCCC(=O)O)cc1. The molecule has 0 aliphatic heterocycles. The fraction of sp³-hybridized carbons (Fsp3) is 0.500. The molecule has 0 aliphatic carbocycles. The minimum Gasteiger partial charge on any atom is -0.481 e. The smallest absolute Gasteiger partial charge is 0.319 e. The van der Waals surface area contributed by atoms with Gasteiger partial charge in [-0.05, 0) is 36.5 Å². The number of carbonyl (C=O) groups excluding carboxylic acids is 1. The maximum atomic E-state index is 11.7. The minimum atomic E-state index is -0.773. The third-order valence-corrected chi connectivity index (χ3v) is 3.19. The van der Waals surface area contributed by atoms with Crippen molar-refractivity contribution in [1.29, 1.82) is 0 Å². The van der Waals surface area contributed by atoms with Gasteiger partial charge in [0.1, 0.15) is 0 Å². The van der Waals surface area contributed by atoms with E-state index < -0.39 is 5.97 Å². The number of hydrogen-bond acceptors (Lipinski definition) is 2. The summed E-state index contributed by atoms with van der Waals surface area (Å²) >= 11 is 0. The van der Waals surface area contributed by atoms with Gasteiger partial charge in [-0.2, -0.15) is 0 Å². The molecule has 0 unspecified atom stereocenters. The van der Waals surface area contributed by atoms with E-state index in [0.717, 1.165) is 18.5 Å². The summed E-state index contributed by atoms with van der Waals surface area (Å²) in [6.07, 6.45) is 2.42. The molecule has 0 radical (unpaired) electrons. The van der Waals surface area contributed by atoms with Crippen molar-refractivity contribution in [3.63, 3.8) is 0 Å². The van der Waals surface area contributed by atoms with E-state index in [1.165, 1.54) is 5.56 Å². The second-order valence-corrected chi connectivity index (χ2v) is 5.36. The molecule has 0 bridgehead atoms. The fourth-order valence-electron chi connectivity index (χ4n) is 1.91. The molecule has 0 fully saturated rings. The van der Waals surface area contributed by atoms with Gasteiger partial charge in [0.25, 0.3) is 0 Å². The van der Waals surface area contributed by atoms with E-state index in [4.69, 9.17) is 5.11 Å². The summed E-state index contributed by atoms with van der Waals surface area (Å²) in [4.78, 5) is 22.0. The van der Waals surface area contributed by atoms with Crippen LogP contribution in [-0.4, -0.2) is 23.7 Å². The molecule has 1 rings (SSSR count). The second kappa shape index (κ2) is 9.00. The van der Waals surface area contributed by atoms with Crippen molar-refractivity contribution in [2.24, 2.45) is 0 Å². The van der Waals surface area contributed by atoms with Crippen LogP contribution >= 0.6 is 0 Å². The van der Waals surface area contributed by atoms with Crippen molar-refractivity contribution in [3.8, 4) is 0 Å². The first-order chi connectivity index (χ1) is 9.99. The monoisotopic (exact) mass is 292 g/mol. The summed E-state index contributed by atoms with van der Waals surface area (Å²) in [7, 11) is 0. The highest BCUT2D eigenvalue weighted by molar-refractivity contribution is 5.89. The van der Waals surface area contributed by atoms with Crippen LogP contribution in [0.1, 0.15) is 51.0 Å².